The number of amides is 2. The van der Waals surface area contributed by atoms with Crippen LogP contribution < -0.4 is 0 Å². The van der Waals surface area contributed by atoms with Crippen molar-refractivity contribution in [2.24, 2.45) is 0 Å². The number of carbonyl (C=O) groups is 2. The highest BCUT2D eigenvalue weighted by Crippen LogP contribution is 2.31. The summed E-state index contributed by atoms with van der Waals surface area (Å²) in [6.45, 7) is 0.674. The molecule has 46 heavy (non-hydrogen) atoms. The molecule has 0 radical (unpaired) electrons. The molecule has 5 atom stereocenters. The van der Waals surface area contributed by atoms with Crippen molar-refractivity contribution in [3.63, 3.8) is 0 Å². The molecule has 9 nitrogen and oxygen atoms in total. The molecule has 2 aliphatic heterocycles. The zero-order chi connectivity index (χ0) is 31.7. The maximum absolute atomic E-state index is 12.9. The average Bonchev–Trinajstić information content (AvgIpc) is 3.35. The molecule has 0 aromatic heterocycles. The summed E-state index contributed by atoms with van der Waals surface area (Å²) in [4.78, 5) is 26.9. The molecule has 4 aromatic rings. The number of methoxy groups -OCH3 is 1. The molecule has 1 fully saturated rings. The second kappa shape index (κ2) is 15.4. The van der Waals surface area contributed by atoms with Crippen molar-refractivity contribution in [1.82, 2.24) is 4.90 Å². The summed E-state index contributed by atoms with van der Waals surface area (Å²) in [5.74, 6) is -0.787. The van der Waals surface area contributed by atoms with Crippen molar-refractivity contribution in [1.29, 1.82) is 0 Å². The molecule has 2 aliphatic rings. The maximum atomic E-state index is 12.9. The lowest BCUT2D eigenvalue weighted by Gasteiger charge is -2.45. The Labute approximate surface area is 268 Å². The van der Waals surface area contributed by atoms with Crippen LogP contribution in [0.25, 0.3) is 0 Å². The summed E-state index contributed by atoms with van der Waals surface area (Å²) in [5, 5.41) is 0. The van der Waals surface area contributed by atoms with Crippen LogP contribution in [0.15, 0.2) is 115 Å². The van der Waals surface area contributed by atoms with Gasteiger partial charge in [-0.2, -0.15) is 0 Å². The highest BCUT2D eigenvalue weighted by molar-refractivity contribution is 6.21. The molecule has 0 aliphatic carbocycles. The van der Waals surface area contributed by atoms with Gasteiger partial charge in [-0.15, -0.1) is 0 Å². The molecule has 0 spiro atoms. The Hall–Kier alpha value is -4.22. The molecule has 238 valence electrons. The first-order valence-electron chi connectivity index (χ1n) is 15.3. The first-order valence-corrected chi connectivity index (χ1v) is 15.3. The highest BCUT2D eigenvalue weighted by atomic mass is 16.7. The first kappa shape index (κ1) is 31.7. The summed E-state index contributed by atoms with van der Waals surface area (Å²) in [6.07, 6.45) is -3.42. The van der Waals surface area contributed by atoms with E-state index in [1.807, 2.05) is 91.0 Å². The zero-order valence-electron chi connectivity index (χ0n) is 25.6. The summed E-state index contributed by atoms with van der Waals surface area (Å²) in [7, 11) is 1.56. The van der Waals surface area contributed by atoms with Crippen molar-refractivity contribution in [3.8, 4) is 0 Å². The number of hydrogen-bond acceptors (Lipinski definition) is 8. The Balaban J connectivity index is 1.23. The predicted octanol–water partition coefficient (Wildman–Crippen LogP) is 5.38. The average molecular weight is 624 g/mol. The van der Waals surface area contributed by atoms with Crippen LogP contribution in [0.3, 0.4) is 0 Å². The molecule has 2 amide bonds. The lowest BCUT2D eigenvalue weighted by molar-refractivity contribution is -0.323. The Kier molecular flexibility index (Phi) is 10.6. The van der Waals surface area contributed by atoms with Crippen molar-refractivity contribution >= 4 is 11.8 Å². The number of hydrogen-bond donors (Lipinski definition) is 0. The topological polar surface area (TPSA) is 92.8 Å². The van der Waals surface area contributed by atoms with E-state index < -0.39 is 42.5 Å². The van der Waals surface area contributed by atoms with Gasteiger partial charge in [0, 0.05) is 7.11 Å². The third-order valence-electron chi connectivity index (χ3n) is 8.06. The minimum absolute atomic E-state index is 0.00330. The van der Waals surface area contributed by atoms with Crippen LogP contribution in [0.4, 0.5) is 0 Å². The van der Waals surface area contributed by atoms with E-state index in [0.717, 1.165) is 21.6 Å². The van der Waals surface area contributed by atoms with Gasteiger partial charge in [-0.25, -0.2) is 4.90 Å². The Morgan fingerprint density at radius 1 is 0.587 bits per heavy atom. The van der Waals surface area contributed by atoms with Crippen molar-refractivity contribution < 1.29 is 38.0 Å². The quantitative estimate of drug-likeness (QED) is 0.173. The Morgan fingerprint density at radius 3 is 1.50 bits per heavy atom. The van der Waals surface area contributed by atoms with Gasteiger partial charge in [-0.3, -0.25) is 9.59 Å². The van der Waals surface area contributed by atoms with Crippen molar-refractivity contribution in [2.75, 3.05) is 20.4 Å². The van der Waals surface area contributed by atoms with E-state index in [1.165, 1.54) is 0 Å². The van der Waals surface area contributed by atoms with Gasteiger partial charge in [-0.1, -0.05) is 103 Å². The van der Waals surface area contributed by atoms with Crippen LogP contribution in [-0.2, 0) is 48.2 Å². The summed E-state index contributed by atoms with van der Waals surface area (Å²) < 4.78 is 37.9. The van der Waals surface area contributed by atoms with E-state index in [4.69, 9.17) is 28.4 Å². The van der Waals surface area contributed by atoms with Crippen molar-refractivity contribution in [3.05, 3.63) is 143 Å². The molecule has 2 heterocycles. The molecule has 6 rings (SSSR count). The lowest BCUT2D eigenvalue weighted by Crippen LogP contribution is -2.61. The van der Waals surface area contributed by atoms with Crippen LogP contribution in [0.5, 0.6) is 0 Å². The molecule has 0 bridgehead atoms. The first-order chi connectivity index (χ1) is 22.6. The third-order valence-corrected chi connectivity index (χ3v) is 8.06. The number of benzene rings is 4. The summed E-state index contributed by atoms with van der Waals surface area (Å²) in [5.41, 5.74) is 3.69. The van der Waals surface area contributed by atoms with E-state index in [-0.39, 0.29) is 19.9 Å². The van der Waals surface area contributed by atoms with Crippen LogP contribution in [-0.4, -0.2) is 67.9 Å². The van der Waals surface area contributed by atoms with E-state index >= 15 is 0 Å². The number of rotatable bonds is 14. The van der Waals surface area contributed by atoms with Gasteiger partial charge in [0.05, 0.1) is 37.6 Å². The molecule has 3 unspecified atom stereocenters. The third kappa shape index (κ3) is 7.42. The predicted molar refractivity (Wildman–Crippen MR) is 168 cm³/mol. The maximum Gasteiger partial charge on any atom is 0.263 e. The van der Waals surface area contributed by atoms with Gasteiger partial charge in [-0.05, 0) is 28.8 Å². The van der Waals surface area contributed by atoms with Gasteiger partial charge in [0.15, 0.2) is 6.29 Å². The smallest absolute Gasteiger partial charge is 0.263 e. The monoisotopic (exact) mass is 623 g/mol. The molecule has 1 saturated heterocycles. The van der Waals surface area contributed by atoms with Crippen LogP contribution in [0.2, 0.25) is 0 Å². The van der Waals surface area contributed by atoms with Gasteiger partial charge in [0.25, 0.3) is 11.8 Å². The minimum atomic E-state index is -0.811. The Morgan fingerprint density at radius 2 is 1.02 bits per heavy atom. The fourth-order valence-corrected chi connectivity index (χ4v) is 5.69. The largest absolute Gasteiger partial charge is 0.368 e. The number of imide groups is 1. The van der Waals surface area contributed by atoms with Crippen molar-refractivity contribution in [2.45, 2.75) is 50.5 Å². The lowest BCUT2D eigenvalue weighted by atomic mass is 9.98. The van der Waals surface area contributed by atoms with E-state index in [9.17, 15) is 9.59 Å². The standard InChI is InChI=1S/C37H37NO8/c1-41-37-34(45-23-28-17-9-4-10-18-28)33(44-22-27-15-7-3-8-16-27)32(43-21-26-13-5-2-6-14-26)31(46-37)24-42-25-38-35(39)29-19-11-12-20-30(29)36(38)40/h2-20,31-34,37H,21-25H2,1H3/t31?,32-,33?,34?,37-/m0/s1. The highest BCUT2D eigenvalue weighted by Gasteiger charge is 2.49. The van der Waals surface area contributed by atoms with E-state index in [0.29, 0.717) is 24.3 Å². The number of fused-ring (bicyclic) bond motifs is 1. The van der Waals surface area contributed by atoms with Crippen LogP contribution >= 0.6 is 0 Å². The van der Waals surface area contributed by atoms with Crippen LogP contribution in [0, 0.1) is 0 Å². The molecule has 0 N–H and O–H groups in total. The number of ether oxygens (including phenoxy) is 6. The fraction of sp³-hybridized carbons (Fsp3) is 0.297. The minimum Gasteiger partial charge on any atom is -0.368 e. The zero-order valence-corrected chi connectivity index (χ0v) is 25.6. The fourth-order valence-electron chi connectivity index (χ4n) is 5.69. The molecule has 4 aromatic carbocycles. The molecular weight excluding hydrogens is 586 g/mol. The molecule has 9 heteroatoms. The van der Waals surface area contributed by atoms with Gasteiger partial charge in [0.2, 0.25) is 0 Å². The van der Waals surface area contributed by atoms with Gasteiger partial charge >= 0.3 is 0 Å². The normalized spacial score (nSPS) is 22.6. The number of carbonyl (C=O) groups excluding carboxylic acids is 2. The van der Waals surface area contributed by atoms with E-state index in [2.05, 4.69) is 0 Å². The van der Waals surface area contributed by atoms with E-state index in [1.54, 1.807) is 31.4 Å². The second-order valence-corrected chi connectivity index (χ2v) is 11.1. The van der Waals surface area contributed by atoms with Crippen LogP contribution in [0.1, 0.15) is 37.4 Å². The molecular formula is C37H37NO8. The second-order valence-electron chi connectivity index (χ2n) is 11.1. The Bertz CT molecular complexity index is 1530. The SMILES string of the molecule is CO[C@H]1OC(COCN2C(=O)c3ccccc3C2=O)[C@H](OCc2ccccc2)C(OCc2ccccc2)C1OCc1ccccc1. The van der Waals surface area contributed by atoms with Gasteiger partial charge < -0.3 is 28.4 Å². The summed E-state index contributed by atoms with van der Waals surface area (Å²) in [6, 6.07) is 36.3. The van der Waals surface area contributed by atoms with Gasteiger partial charge in [0.1, 0.15) is 31.1 Å². The molecule has 0 saturated carbocycles. The summed E-state index contributed by atoms with van der Waals surface area (Å²) >= 11 is 0. The number of nitrogens with zero attached hydrogens (tertiary/aromatic N) is 1.